The summed E-state index contributed by atoms with van der Waals surface area (Å²) < 4.78 is 5.21. The highest BCUT2D eigenvalue weighted by molar-refractivity contribution is 6.32. The molecule has 1 atom stereocenters. The largest absolute Gasteiger partial charge is 0.506 e. The highest BCUT2D eigenvalue weighted by Gasteiger charge is 2.27. The summed E-state index contributed by atoms with van der Waals surface area (Å²) in [5.74, 6) is 1.35. The third-order valence-corrected chi connectivity index (χ3v) is 3.31. The average Bonchev–Trinajstić information content (AvgIpc) is 3.05. The van der Waals surface area contributed by atoms with Crippen LogP contribution >= 0.6 is 24.0 Å². The number of rotatable bonds is 4. The monoisotopic (exact) mass is 277 g/mol. The molecule has 0 unspecified atom stereocenters. The van der Waals surface area contributed by atoms with E-state index in [4.69, 9.17) is 22.1 Å². The SMILES string of the molecule is COc1ccc(Cl)c(O)c1[C@@H](N)CC1CC1.Cl. The number of benzene rings is 1. The predicted octanol–water partition coefficient (Wildman–Crippen LogP) is 3.28. The molecule has 1 aliphatic carbocycles. The quantitative estimate of drug-likeness (QED) is 0.888. The summed E-state index contributed by atoms with van der Waals surface area (Å²) in [4.78, 5) is 0. The van der Waals surface area contributed by atoms with E-state index < -0.39 is 0 Å². The van der Waals surface area contributed by atoms with Gasteiger partial charge in [-0.25, -0.2) is 0 Å². The van der Waals surface area contributed by atoms with Gasteiger partial charge in [-0.15, -0.1) is 12.4 Å². The highest BCUT2D eigenvalue weighted by Crippen LogP contribution is 2.43. The molecule has 1 saturated carbocycles. The Kier molecular flexibility index (Phi) is 4.92. The standard InChI is InChI=1S/C12H16ClNO2.ClH/c1-16-10-5-4-8(13)12(15)11(10)9(14)6-7-2-3-7;/h4-5,7,9,15H,2-3,6,14H2,1H3;1H/t9-;/m0./s1. The first-order chi connectivity index (χ1) is 7.63. The molecule has 2 rings (SSSR count). The van der Waals surface area contributed by atoms with Gasteiger partial charge < -0.3 is 15.6 Å². The number of hydrogen-bond acceptors (Lipinski definition) is 3. The number of hydrogen-bond donors (Lipinski definition) is 2. The topological polar surface area (TPSA) is 55.5 Å². The van der Waals surface area contributed by atoms with Gasteiger partial charge in [-0.05, 0) is 24.5 Å². The molecule has 0 aliphatic heterocycles. The van der Waals surface area contributed by atoms with Gasteiger partial charge in [0.2, 0.25) is 0 Å². The molecule has 5 heteroatoms. The van der Waals surface area contributed by atoms with E-state index in [2.05, 4.69) is 0 Å². The third-order valence-electron chi connectivity index (χ3n) is 3.00. The number of ether oxygens (including phenoxy) is 1. The zero-order chi connectivity index (χ0) is 11.7. The van der Waals surface area contributed by atoms with Gasteiger partial charge in [-0.1, -0.05) is 24.4 Å². The maximum atomic E-state index is 9.92. The van der Waals surface area contributed by atoms with Crippen LogP contribution < -0.4 is 10.5 Å². The molecular formula is C12H17Cl2NO2. The van der Waals surface area contributed by atoms with Crippen LogP contribution in [0.5, 0.6) is 11.5 Å². The Morgan fingerprint density at radius 3 is 2.71 bits per heavy atom. The highest BCUT2D eigenvalue weighted by atomic mass is 35.5. The second kappa shape index (κ2) is 5.80. The van der Waals surface area contributed by atoms with Crippen LogP contribution in [0.2, 0.25) is 5.02 Å². The van der Waals surface area contributed by atoms with E-state index in [1.807, 2.05) is 0 Å². The molecule has 1 aromatic rings. The normalized spacial score (nSPS) is 16.2. The lowest BCUT2D eigenvalue weighted by Gasteiger charge is -2.17. The summed E-state index contributed by atoms with van der Waals surface area (Å²) in [6.45, 7) is 0. The van der Waals surface area contributed by atoms with Gasteiger partial charge in [0, 0.05) is 6.04 Å². The molecule has 1 aliphatic rings. The number of nitrogens with two attached hydrogens (primary N) is 1. The minimum Gasteiger partial charge on any atom is -0.506 e. The van der Waals surface area contributed by atoms with Gasteiger partial charge in [-0.2, -0.15) is 0 Å². The zero-order valence-electron chi connectivity index (χ0n) is 9.65. The van der Waals surface area contributed by atoms with Gasteiger partial charge in [0.15, 0.2) is 0 Å². The summed E-state index contributed by atoms with van der Waals surface area (Å²) in [7, 11) is 1.57. The van der Waals surface area contributed by atoms with Crippen molar-refractivity contribution >= 4 is 24.0 Å². The first-order valence-corrected chi connectivity index (χ1v) is 5.82. The molecule has 96 valence electrons. The van der Waals surface area contributed by atoms with Crippen molar-refractivity contribution in [3.63, 3.8) is 0 Å². The molecule has 0 spiro atoms. The van der Waals surface area contributed by atoms with Gasteiger partial charge >= 0.3 is 0 Å². The van der Waals surface area contributed by atoms with Gasteiger partial charge in [0.05, 0.1) is 17.7 Å². The van der Waals surface area contributed by atoms with Crippen LogP contribution in [-0.2, 0) is 0 Å². The van der Waals surface area contributed by atoms with Crippen molar-refractivity contribution < 1.29 is 9.84 Å². The van der Waals surface area contributed by atoms with Crippen LogP contribution in [0.4, 0.5) is 0 Å². The first-order valence-electron chi connectivity index (χ1n) is 5.44. The molecule has 0 amide bonds. The maximum absolute atomic E-state index is 9.92. The molecule has 17 heavy (non-hydrogen) atoms. The molecule has 3 N–H and O–H groups in total. The van der Waals surface area contributed by atoms with Crippen molar-refractivity contribution in [3.8, 4) is 11.5 Å². The molecule has 0 radical (unpaired) electrons. The van der Waals surface area contributed by atoms with Crippen LogP contribution in [0.1, 0.15) is 30.9 Å². The molecule has 1 aromatic carbocycles. The summed E-state index contributed by atoms with van der Waals surface area (Å²) in [5, 5.41) is 10.2. The molecule has 0 bridgehead atoms. The van der Waals surface area contributed by atoms with Crippen LogP contribution in [-0.4, -0.2) is 12.2 Å². The van der Waals surface area contributed by atoms with Gasteiger partial charge in [0.25, 0.3) is 0 Å². The third kappa shape index (κ3) is 3.18. The van der Waals surface area contributed by atoms with Crippen molar-refractivity contribution in [1.29, 1.82) is 0 Å². The Balaban J connectivity index is 0.00000144. The van der Waals surface area contributed by atoms with Gasteiger partial charge in [-0.3, -0.25) is 0 Å². The van der Waals surface area contributed by atoms with Crippen molar-refractivity contribution in [2.45, 2.75) is 25.3 Å². The summed E-state index contributed by atoms with van der Waals surface area (Å²) >= 11 is 5.88. The fourth-order valence-electron chi connectivity index (χ4n) is 1.93. The van der Waals surface area contributed by atoms with Crippen molar-refractivity contribution in [2.24, 2.45) is 11.7 Å². The van der Waals surface area contributed by atoms with E-state index in [-0.39, 0.29) is 24.2 Å². The van der Waals surface area contributed by atoms with E-state index in [1.54, 1.807) is 19.2 Å². The second-order valence-electron chi connectivity index (χ2n) is 4.30. The average molecular weight is 278 g/mol. The smallest absolute Gasteiger partial charge is 0.142 e. The van der Waals surface area contributed by atoms with Crippen LogP contribution in [0.3, 0.4) is 0 Å². The fourth-order valence-corrected chi connectivity index (χ4v) is 2.09. The molecule has 0 heterocycles. The van der Waals surface area contributed by atoms with E-state index in [0.717, 1.165) is 6.42 Å². The van der Waals surface area contributed by atoms with E-state index in [0.29, 0.717) is 22.3 Å². The number of halogens is 2. The molecule has 1 fully saturated rings. The Labute approximate surface area is 112 Å². The molecule has 0 aromatic heterocycles. The Morgan fingerprint density at radius 2 is 2.18 bits per heavy atom. The molecule has 3 nitrogen and oxygen atoms in total. The Morgan fingerprint density at radius 1 is 1.53 bits per heavy atom. The summed E-state index contributed by atoms with van der Waals surface area (Å²) in [6.07, 6.45) is 3.35. The minimum atomic E-state index is -0.207. The predicted molar refractivity (Wildman–Crippen MR) is 71.2 cm³/mol. The lowest BCUT2D eigenvalue weighted by molar-refractivity contribution is 0.389. The zero-order valence-corrected chi connectivity index (χ0v) is 11.2. The molecule has 0 saturated heterocycles. The summed E-state index contributed by atoms with van der Waals surface area (Å²) in [6, 6.07) is 3.15. The van der Waals surface area contributed by atoms with Gasteiger partial charge in [0.1, 0.15) is 11.5 Å². The van der Waals surface area contributed by atoms with E-state index >= 15 is 0 Å². The number of phenolic OH excluding ortho intramolecular Hbond substituents is 1. The van der Waals surface area contributed by atoms with Crippen molar-refractivity contribution in [1.82, 2.24) is 0 Å². The van der Waals surface area contributed by atoms with Crippen molar-refractivity contribution in [2.75, 3.05) is 7.11 Å². The van der Waals surface area contributed by atoms with E-state index in [9.17, 15) is 5.11 Å². The first kappa shape index (κ1) is 14.4. The number of phenols is 1. The van der Waals surface area contributed by atoms with Crippen LogP contribution in [0, 0.1) is 5.92 Å². The van der Waals surface area contributed by atoms with Crippen LogP contribution in [0.15, 0.2) is 12.1 Å². The molecular weight excluding hydrogens is 261 g/mol. The van der Waals surface area contributed by atoms with Crippen molar-refractivity contribution in [3.05, 3.63) is 22.7 Å². The Hall–Kier alpha value is -0.640. The lowest BCUT2D eigenvalue weighted by atomic mass is 10.00. The maximum Gasteiger partial charge on any atom is 0.142 e. The summed E-state index contributed by atoms with van der Waals surface area (Å²) in [5.41, 5.74) is 6.71. The fraction of sp³-hybridized carbons (Fsp3) is 0.500. The van der Waals surface area contributed by atoms with E-state index in [1.165, 1.54) is 12.8 Å². The number of aromatic hydroxyl groups is 1. The second-order valence-corrected chi connectivity index (χ2v) is 4.70. The number of methoxy groups -OCH3 is 1. The van der Waals surface area contributed by atoms with Crippen LogP contribution in [0.25, 0.3) is 0 Å². The lowest BCUT2D eigenvalue weighted by Crippen LogP contribution is -2.12. The minimum absolute atomic E-state index is 0. The Bertz CT molecular complexity index is 394.